The third kappa shape index (κ3) is 4.53. The third-order valence-electron chi connectivity index (χ3n) is 13.1. The summed E-state index contributed by atoms with van der Waals surface area (Å²) in [5, 5.41) is 2.53. The van der Waals surface area contributed by atoms with Gasteiger partial charge in [0, 0.05) is 11.5 Å². The molecule has 8 aromatic carbocycles. The Labute approximate surface area is 327 Å². The van der Waals surface area contributed by atoms with Crippen LogP contribution >= 0.6 is 0 Å². The van der Waals surface area contributed by atoms with Gasteiger partial charge in [-0.1, -0.05) is 171 Å². The number of fused-ring (bicyclic) bond motifs is 12. The van der Waals surface area contributed by atoms with Crippen LogP contribution in [0, 0.1) is 0 Å². The molecule has 9 aromatic rings. The number of aromatic nitrogens is 1. The third-order valence-corrected chi connectivity index (χ3v) is 13.1. The molecule has 0 aliphatic heterocycles. The van der Waals surface area contributed by atoms with Crippen LogP contribution < -0.4 is 0 Å². The molecule has 0 atom stereocenters. The van der Waals surface area contributed by atoms with Crippen molar-refractivity contribution < 1.29 is 4.42 Å². The first-order chi connectivity index (χ1) is 27.8. The molecule has 0 amide bonds. The molecule has 0 bridgehead atoms. The van der Waals surface area contributed by atoms with Crippen LogP contribution in [0.1, 0.15) is 66.2 Å². The number of nitrogens with zero attached hydrogens (tertiary/aromatic N) is 1. The van der Waals surface area contributed by atoms with E-state index in [1.165, 1.54) is 91.2 Å². The lowest BCUT2D eigenvalue weighted by Gasteiger charge is -2.30. The Kier molecular flexibility index (Phi) is 6.96. The average Bonchev–Trinajstić information content (AvgIpc) is 3.93. The van der Waals surface area contributed by atoms with Gasteiger partial charge in [0.15, 0.2) is 11.5 Å². The fraction of sp³-hybridized carbons (Fsp3) is 0.130. The summed E-state index contributed by atoms with van der Waals surface area (Å²) in [6, 6.07) is 63.1. The van der Waals surface area contributed by atoms with Crippen molar-refractivity contribution in [2.75, 3.05) is 0 Å². The first-order valence-electron chi connectivity index (χ1n) is 20.2. The number of oxazole rings is 1. The van der Waals surface area contributed by atoms with Crippen LogP contribution in [0.2, 0.25) is 0 Å². The normalized spacial score (nSPS) is 15.2. The summed E-state index contributed by atoms with van der Waals surface area (Å²) in [6.45, 7) is 0. The van der Waals surface area contributed by atoms with E-state index in [-0.39, 0.29) is 0 Å². The second kappa shape index (κ2) is 12.2. The van der Waals surface area contributed by atoms with E-state index in [4.69, 9.17) is 9.40 Å². The molecular formula is C54H39NO. The van der Waals surface area contributed by atoms with Crippen LogP contribution in [0.3, 0.4) is 0 Å². The minimum atomic E-state index is -0.402. The van der Waals surface area contributed by atoms with Crippen molar-refractivity contribution in [3.05, 3.63) is 198 Å². The molecule has 1 heterocycles. The maximum atomic E-state index is 6.79. The molecule has 2 heteroatoms. The molecule has 266 valence electrons. The van der Waals surface area contributed by atoms with Gasteiger partial charge in [0.05, 0.1) is 5.41 Å². The van der Waals surface area contributed by atoms with E-state index < -0.39 is 5.41 Å². The Morgan fingerprint density at radius 2 is 1.00 bits per heavy atom. The Morgan fingerprint density at radius 3 is 1.71 bits per heavy atom. The van der Waals surface area contributed by atoms with Crippen LogP contribution in [0.4, 0.5) is 0 Å². The van der Waals surface area contributed by atoms with Gasteiger partial charge in [0.2, 0.25) is 0 Å². The van der Waals surface area contributed by atoms with Crippen LogP contribution in [0.25, 0.3) is 77.5 Å². The summed E-state index contributed by atoms with van der Waals surface area (Å²) in [5.41, 5.74) is 19.1. The van der Waals surface area contributed by atoms with E-state index in [0.717, 1.165) is 46.5 Å². The summed E-state index contributed by atoms with van der Waals surface area (Å²) in [6.07, 6.45) is 6.06. The lowest BCUT2D eigenvalue weighted by atomic mass is 9.70. The number of rotatable bonds is 4. The van der Waals surface area contributed by atoms with E-state index in [1.54, 1.807) is 0 Å². The summed E-state index contributed by atoms with van der Waals surface area (Å²) in [5.74, 6) is 1.27. The largest absolute Gasteiger partial charge is 0.440 e. The standard InChI is InChI=1S/C54H39NO/c1-2-14-37(15-3-1)53-55-52-46(31-39(33-51(52)56-53)34-25-27-36(28-26-34)41-21-12-16-35-13-4-5-17-40(35)41)38-29-30-45-44-20-8-11-24-49(44)54(50(45)32-38)47-22-9-6-18-42(47)43-19-7-10-23-48(43)54/h4-13,16-33,37H,1-3,14-15H2. The van der Waals surface area contributed by atoms with Crippen molar-refractivity contribution in [3.63, 3.8) is 0 Å². The van der Waals surface area contributed by atoms with Crippen molar-refractivity contribution >= 4 is 21.9 Å². The summed E-state index contributed by atoms with van der Waals surface area (Å²) in [4.78, 5) is 5.36. The second-order valence-corrected chi connectivity index (χ2v) is 16.0. The molecule has 3 aliphatic carbocycles. The molecule has 3 aliphatic rings. The predicted octanol–water partition coefficient (Wildman–Crippen LogP) is 14.4. The minimum absolute atomic E-state index is 0.372. The van der Waals surface area contributed by atoms with Gasteiger partial charge < -0.3 is 4.42 Å². The number of hydrogen-bond acceptors (Lipinski definition) is 2. The molecule has 0 radical (unpaired) electrons. The molecule has 56 heavy (non-hydrogen) atoms. The first-order valence-corrected chi connectivity index (χ1v) is 20.2. The molecule has 12 rings (SSSR count). The maximum Gasteiger partial charge on any atom is 0.198 e. The van der Waals surface area contributed by atoms with E-state index in [0.29, 0.717) is 5.92 Å². The van der Waals surface area contributed by atoms with E-state index in [1.807, 2.05) is 0 Å². The number of benzene rings is 8. The molecular weight excluding hydrogens is 679 g/mol. The van der Waals surface area contributed by atoms with Crippen molar-refractivity contribution in [3.8, 4) is 55.6 Å². The maximum absolute atomic E-state index is 6.79. The lowest BCUT2D eigenvalue weighted by molar-refractivity contribution is 0.373. The number of hydrogen-bond donors (Lipinski definition) is 0. The highest BCUT2D eigenvalue weighted by atomic mass is 16.3. The fourth-order valence-electron chi connectivity index (χ4n) is 10.5. The van der Waals surface area contributed by atoms with E-state index in [2.05, 4.69) is 170 Å². The van der Waals surface area contributed by atoms with Crippen LogP contribution in [0.5, 0.6) is 0 Å². The van der Waals surface area contributed by atoms with Gasteiger partial charge in [0.25, 0.3) is 0 Å². The van der Waals surface area contributed by atoms with E-state index in [9.17, 15) is 0 Å². The molecule has 1 spiro atoms. The first kappa shape index (κ1) is 31.8. The van der Waals surface area contributed by atoms with Gasteiger partial charge in [-0.3, -0.25) is 0 Å². The van der Waals surface area contributed by atoms with Crippen molar-refractivity contribution in [1.29, 1.82) is 0 Å². The smallest absolute Gasteiger partial charge is 0.198 e. The van der Waals surface area contributed by atoms with E-state index >= 15 is 0 Å². The highest BCUT2D eigenvalue weighted by Crippen LogP contribution is 2.63. The van der Waals surface area contributed by atoms with Gasteiger partial charge in [-0.25, -0.2) is 4.98 Å². The van der Waals surface area contributed by atoms with Gasteiger partial charge >= 0.3 is 0 Å². The monoisotopic (exact) mass is 717 g/mol. The Hall–Kier alpha value is -6.51. The highest BCUT2D eigenvalue weighted by Gasteiger charge is 2.51. The molecule has 0 unspecified atom stereocenters. The Morgan fingerprint density at radius 1 is 0.429 bits per heavy atom. The average molecular weight is 718 g/mol. The zero-order valence-corrected chi connectivity index (χ0v) is 31.1. The topological polar surface area (TPSA) is 26.0 Å². The minimum Gasteiger partial charge on any atom is -0.440 e. The van der Waals surface area contributed by atoms with Gasteiger partial charge in [0.1, 0.15) is 5.52 Å². The predicted molar refractivity (Wildman–Crippen MR) is 230 cm³/mol. The second-order valence-electron chi connectivity index (χ2n) is 16.0. The SMILES string of the molecule is c1ccc2c(c1)-c1ccccc1C21c2ccccc2-c2ccc(-c3cc(-c4ccc(-c5cccc6ccccc56)cc4)cc4oc(C5CCCCC5)nc34)cc21. The molecule has 1 aromatic heterocycles. The fourth-order valence-corrected chi connectivity index (χ4v) is 10.5. The van der Waals surface area contributed by atoms with Crippen LogP contribution in [-0.4, -0.2) is 4.98 Å². The van der Waals surface area contributed by atoms with Crippen LogP contribution in [-0.2, 0) is 5.41 Å². The zero-order chi connectivity index (χ0) is 36.8. The Balaban J connectivity index is 1.06. The lowest BCUT2D eigenvalue weighted by Crippen LogP contribution is -2.25. The highest BCUT2D eigenvalue weighted by molar-refractivity contribution is 6.00. The summed E-state index contributed by atoms with van der Waals surface area (Å²) >= 11 is 0. The summed E-state index contributed by atoms with van der Waals surface area (Å²) in [7, 11) is 0. The Bertz CT molecular complexity index is 2940. The molecule has 0 N–H and O–H groups in total. The molecule has 2 nitrogen and oxygen atoms in total. The van der Waals surface area contributed by atoms with Gasteiger partial charge in [-0.2, -0.15) is 0 Å². The summed E-state index contributed by atoms with van der Waals surface area (Å²) < 4.78 is 6.79. The molecule has 1 saturated carbocycles. The zero-order valence-electron chi connectivity index (χ0n) is 31.1. The van der Waals surface area contributed by atoms with Crippen molar-refractivity contribution in [2.24, 2.45) is 0 Å². The van der Waals surface area contributed by atoms with Crippen molar-refractivity contribution in [2.45, 2.75) is 43.4 Å². The molecule has 0 saturated heterocycles. The van der Waals surface area contributed by atoms with Crippen molar-refractivity contribution in [1.82, 2.24) is 4.98 Å². The quantitative estimate of drug-likeness (QED) is 0.181. The molecule has 1 fully saturated rings. The van der Waals surface area contributed by atoms with Gasteiger partial charge in [-0.05, 0) is 114 Å². The van der Waals surface area contributed by atoms with Gasteiger partial charge in [-0.15, -0.1) is 0 Å². The van der Waals surface area contributed by atoms with Crippen LogP contribution in [0.15, 0.2) is 174 Å².